The van der Waals surface area contributed by atoms with Crippen LogP contribution in [0.5, 0.6) is 0 Å². The number of fused-ring (bicyclic) bond motifs is 1. The molecule has 0 aliphatic carbocycles. The fourth-order valence-electron chi connectivity index (χ4n) is 4.11. The Balaban J connectivity index is 1.67. The summed E-state index contributed by atoms with van der Waals surface area (Å²) >= 11 is 0. The smallest absolute Gasteiger partial charge is 0.252 e. The van der Waals surface area contributed by atoms with Crippen molar-refractivity contribution in [1.82, 2.24) is 25.0 Å². The predicted molar refractivity (Wildman–Crippen MR) is 131 cm³/mol. The number of unbranched alkanes of at least 4 members (excludes halogenated alkanes) is 1. The molecule has 2 aromatic heterocycles. The number of carbonyl (C=O) groups excluding carboxylic acids is 1. The summed E-state index contributed by atoms with van der Waals surface area (Å²) in [6.07, 6.45) is 4.14. The average molecular weight is 450 g/mol. The van der Waals surface area contributed by atoms with Crippen LogP contribution in [0.15, 0.2) is 36.5 Å². The van der Waals surface area contributed by atoms with E-state index >= 15 is 0 Å². The lowest BCUT2D eigenvalue weighted by atomic mass is 10.0. The van der Waals surface area contributed by atoms with Crippen molar-refractivity contribution in [3.05, 3.63) is 47.7 Å². The molecule has 0 radical (unpaired) electrons. The highest BCUT2D eigenvalue weighted by Crippen LogP contribution is 2.27. The molecule has 7 heteroatoms. The van der Waals surface area contributed by atoms with Gasteiger partial charge in [-0.3, -0.25) is 4.79 Å². The van der Waals surface area contributed by atoms with Gasteiger partial charge in [0.15, 0.2) is 5.65 Å². The van der Waals surface area contributed by atoms with E-state index in [1.54, 1.807) is 6.20 Å². The molecule has 7 nitrogen and oxygen atoms in total. The number of hydrogen-bond donors (Lipinski definition) is 1. The lowest BCUT2D eigenvalue weighted by molar-refractivity contribution is -0.0298. The highest BCUT2D eigenvalue weighted by Gasteiger charge is 2.22. The lowest BCUT2D eigenvalue weighted by Gasteiger charge is -2.26. The Hall–Kier alpha value is -2.77. The molecule has 1 amide bonds. The second-order valence-electron chi connectivity index (χ2n) is 9.38. The van der Waals surface area contributed by atoms with E-state index in [1.807, 2.05) is 10.7 Å². The van der Waals surface area contributed by atoms with Crippen molar-refractivity contribution in [3.63, 3.8) is 0 Å². The lowest BCUT2D eigenvalue weighted by Crippen LogP contribution is -2.39. The van der Waals surface area contributed by atoms with E-state index in [1.165, 1.54) is 18.4 Å². The average Bonchev–Trinajstić information content (AvgIpc) is 3.20. The topological polar surface area (TPSA) is 72.3 Å². The zero-order valence-electron chi connectivity index (χ0n) is 20.2. The normalized spacial score (nSPS) is 14.2. The number of carbonyl (C=O) groups is 1. The molecule has 0 bridgehead atoms. The molecule has 176 valence electrons. The van der Waals surface area contributed by atoms with Crippen LogP contribution >= 0.6 is 0 Å². The zero-order valence-corrected chi connectivity index (χ0v) is 20.2. The summed E-state index contributed by atoms with van der Waals surface area (Å²) in [4.78, 5) is 20.4. The number of benzene rings is 1. The summed E-state index contributed by atoms with van der Waals surface area (Å²) in [5.41, 5.74) is 4.40. The molecule has 0 spiro atoms. The van der Waals surface area contributed by atoms with Crippen molar-refractivity contribution in [3.8, 4) is 11.3 Å². The summed E-state index contributed by atoms with van der Waals surface area (Å²) in [6.45, 7) is 10.4. The van der Waals surface area contributed by atoms with Crippen LogP contribution in [0.3, 0.4) is 0 Å². The number of amides is 1. The van der Waals surface area contributed by atoms with Crippen LogP contribution < -0.4 is 5.32 Å². The highest BCUT2D eigenvalue weighted by atomic mass is 16.5. The SMILES string of the molecule is CCCCN(C)Cc1cccc(-c2cc(C(=O)NCC3COC3)c3cnn(C(C)C)c3n2)c1. The molecule has 3 heterocycles. The molecule has 1 N–H and O–H groups in total. The molecule has 0 unspecified atom stereocenters. The second kappa shape index (κ2) is 10.4. The van der Waals surface area contributed by atoms with E-state index in [0.29, 0.717) is 31.2 Å². The molecule has 1 aliphatic rings. The number of rotatable bonds is 10. The fourth-order valence-corrected chi connectivity index (χ4v) is 4.11. The molecule has 33 heavy (non-hydrogen) atoms. The third-order valence-electron chi connectivity index (χ3n) is 6.13. The van der Waals surface area contributed by atoms with E-state index in [4.69, 9.17) is 9.72 Å². The van der Waals surface area contributed by atoms with Gasteiger partial charge in [-0.2, -0.15) is 5.10 Å². The molecule has 0 saturated carbocycles. The zero-order chi connectivity index (χ0) is 23.4. The molecule has 3 aromatic rings. The minimum absolute atomic E-state index is 0.0886. The Labute approximate surface area is 196 Å². The van der Waals surface area contributed by atoms with Gasteiger partial charge in [-0.15, -0.1) is 0 Å². The van der Waals surface area contributed by atoms with Crippen molar-refractivity contribution in [2.45, 2.75) is 46.2 Å². The maximum Gasteiger partial charge on any atom is 0.252 e. The fraction of sp³-hybridized carbons (Fsp3) is 0.500. The van der Waals surface area contributed by atoms with E-state index in [-0.39, 0.29) is 11.9 Å². The number of ether oxygens (including phenoxy) is 1. The van der Waals surface area contributed by atoms with E-state index in [2.05, 4.69) is 67.4 Å². The van der Waals surface area contributed by atoms with Crippen molar-refractivity contribution in [1.29, 1.82) is 0 Å². The van der Waals surface area contributed by atoms with Gasteiger partial charge in [-0.05, 0) is 51.6 Å². The third kappa shape index (κ3) is 5.42. The Bertz CT molecular complexity index is 1100. The molecule has 0 atom stereocenters. The number of hydrogen-bond acceptors (Lipinski definition) is 5. The molecular formula is C26H35N5O2. The first-order chi connectivity index (χ1) is 16.0. The number of aromatic nitrogens is 3. The minimum Gasteiger partial charge on any atom is -0.381 e. The Morgan fingerprint density at radius 1 is 1.30 bits per heavy atom. The van der Waals surface area contributed by atoms with Gasteiger partial charge in [0.2, 0.25) is 0 Å². The Morgan fingerprint density at radius 3 is 2.82 bits per heavy atom. The maximum absolute atomic E-state index is 13.2. The number of nitrogens with one attached hydrogen (secondary N) is 1. The van der Waals surface area contributed by atoms with Gasteiger partial charge in [0.1, 0.15) is 0 Å². The van der Waals surface area contributed by atoms with Gasteiger partial charge in [-0.1, -0.05) is 31.5 Å². The highest BCUT2D eigenvalue weighted by molar-refractivity contribution is 6.06. The molecule has 1 aliphatic heterocycles. The van der Waals surface area contributed by atoms with Crippen LogP contribution in [0.1, 0.15) is 55.6 Å². The molecular weight excluding hydrogens is 414 g/mol. The van der Waals surface area contributed by atoms with E-state index < -0.39 is 0 Å². The van der Waals surface area contributed by atoms with Crippen LogP contribution in [0.2, 0.25) is 0 Å². The minimum atomic E-state index is -0.0886. The maximum atomic E-state index is 13.2. The number of nitrogens with zero attached hydrogens (tertiary/aromatic N) is 4. The largest absolute Gasteiger partial charge is 0.381 e. The van der Waals surface area contributed by atoms with Crippen LogP contribution in [-0.2, 0) is 11.3 Å². The van der Waals surface area contributed by atoms with Gasteiger partial charge >= 0.3 is 0 Å². The van der Waals surface area contributed by atoms with Gasteiger partial charge < -0.3 is 15.0 Å². The van der Waals surface area contributed by atoms with Crippen molar-refractivity contribution < 1.29 is 9.53 Å². The Morgan fingerprint density at radius 2 is 2.12 bits per heavy atom. The summed E-state index contributed by atoms with van der Waals surface area (Å²) in [7, 11) is 2.16. The Kier molecular flexibility index (Phi) is 7.40. The van der Waals surface area contributed by atoms with Gasteiger partial charge in [0.25, 0.3) is 5.91 Å². The van der Waals surface area contributed by atoms with Crippen molar-refractivity contribution in [2.75, 3.05) is 33.4 Å². The molecule has 1 aromatic carbocycles. The van der Waals surface area contributed by atoms with Gasteiger partial charge in [0.05, 0.1) is 36.1 Å². The van der Waals surface area contributed by atoms with Gasteiger partial charge in [0, 0.05) is 30.6 Å². The number of pyridine rings is 1. The first kappa shape index (κ1) is 23.4. The van der Waals surface area contributed by atoms with Crippen LogP contribution in [-0.4, -0.2) is 58.9 Å². The predicted octanol–water partition coefficient (Wildman–Crippen LogP) is 4.29. The van der Waals surface area contributed by atoms with Crippen LogP contribution in [0.25, 0.3) is 22.3 Å². The second-order valence-corrected chi connectivity index (χ2v) is 9.38. The molecule has 1 saturated heterocycles. The molecule has 1 fully saturated rings. The van der Waals surface area contributed by atoms with E-state index in [9.17, 15) is 4.79 Å². The summed E-state index contributed by atoms with van der Waals surface area (Å²) in [5.74, 6) is 0.305. The van der Waals surface area contributed by atoms with Crippen molar-refractivity contribution in [2.24, 2.45) is 5.92 Å². The van der Waals surface area contributed by atoms with Crippen LogP contribution in [0.4, 0.5) is 0 Å². The monoisotopic (exact) mass is 449 g/mol. The third-order valence-corrected chi connectivity index (χ3v) is 6.13. The van der Waals surface area contributed by atoms with Crippen LogP contribution in [0, 0.1) is 5.92 Å². The summed E-state index contributed by atoms with van der Waals surface area (Å²) in [6, 6.07) is 10.5. The van der Waals surface area contributed by atoms with Crippen molar-refractivity contribution >= 4 is 16.9 Å². The first-order valence-electron chi connectivity index (χ1n) is 12.0. The van der Waals surface area contributed by atoms with E-state index in [0.717, 1.165) is 35.4 Å². The standard InChI is InChI=1S/C26H35N5O2/c1-5-6-10-30(4)15-19-8-7-9-21(11-19)24-12-22(26(32)27-13-20-16-33-17-20)23-14-28-31(18(2)3)25(23)29-24/h7-9,11-12,14,18,20H,5-6,10,13,15-17H2,1-4H3,(H,27,32). The molecule has 4 rings (SSSR count). The summed E-state index contributed by atoms with van der Waals surface area (Å²) < 4.78 is 7.12. The van der Waals surface area contributed by atoms with Gasteiger partial charge in [-0.25, -0.2) is 9.67 Å². The quantitative estimate of drug-likeness (QED) is 0.500. The summed E-state index contributed by atoms with van der Waals surface area (Å²) in [5, 5.41) is 8.39. The first-order valence-corrected chi connectivity index (χ1v) is 12.0.